The summed E-state index contributed by atoms with van der Waals surface area (Å²) in [5.41, 5.74) is 0.750. The molecule has 1 amide bonds. The summed E-state index contributed by atoms with van der Waals surface area (Å²) >= 11 is 24.7. The molecule has 0 heterocycles. The maximum atomic E-state index is 12.5. The van der Waals surface area contributed by atoms with Gasteiger partial charge >= 0.3 is 0 Å². The number of amides is 1. The molecule has 7 nitrogen and oxygen atoms in total. The molecular weight excluding hydrogens is 524 g/mol. The van der Waals surface area contributed by atoms with Crippen molar-refractivity contribution >= 4 is 69.8 Å². The van der Waals surface area contributed by atoms with Crippen LogP contribution in [0.1, 0.15) is 11.1 Å². The minimum Gasteiger partial charge on any atom is -0.486 e. The third-order valence-electron chi connectivity index (χ3n) is 4.40. The first-order chi connectivity index (χ1) is 16.2. The van der Waals surface area contributed by atoms with Gasteiger partial charge in [0.2, 0.25) is 0 Å². The number of rotatable bonds is 7. The molecule has 3 rings (SSSR count). The van der Waals surface area contributed by atoms with Crippen molar-refractivity contribution < 1.29 is 14.5 Å². The predicted molar refractivity (Wildman–Crippen MR) is 133 cm³/mol. The Morgan fingerprint density at radius 1 is 1.06 bits per heavy atom. The first kappa shape index (κ1) is 25.3. The Balaban J connectivity index is 1.78. The number of benzene rings is 3. The molecule has 0 radical (unpaired) electrons. The summed E-state index contributed by atoms with van der Waals surface area (Å²) in [6, 6.07) is 15.1. The Hall–Kier alpha value is -3.28. The number of nitro benzene ring substituents is 1. The molecule has 0 bridgehead atoms. The van der Waals surface area contributed by atoms with E-state index >= 15 is 0 Å². The van der Waals surface area contributed by atoms with Crippen molar-refractivity contribution in [3.63, 3.8) is 0 Å². The van der Waals surface area contributed by atoms with Crippen molar-refractivity contribution in [1.82, 2.24) is 0 Å². The highest BCUT2D eigenvalue weighted by molar-refractivity contribution is 6.37. The first-order valence-electron chi connectivity index (χ1n) is 9.41. The summed E-state index contributed by atoms with van der Waals surface area (Å²) in [5.74, 6) is -0.556. The molecule has 3 aromatic rings. The number of hydrogen-bond acceptors (Lipinski definition) is 5. The van der Waals surface area contributed by atoms with Gasteiger partial charge in [-0.15, -0.1) is 0 Å². The van der Waals surface area contributed by atoms with Crippen molar-refractivity contribution in [2.45, 2.75) is 6.61 Å². The average molecular weight is 537 g/mol. The standard InChI is InChI=1S/C23H13Cl4N3O4/c24-16-5-4-14(19(25)9-16)12-34-22-20(26)7-13(8-21(22)27)6-15(11-28)23(31)29-17-2-1-3-18(10-17)30(32)33/h1-10H,12H2,(H,29,31)/b15-6+. The van der Waals surface area contributed by atoms with Crippen molar-refractivity contribution in [3.8, 4) is 11.8 Å². The predicted octanol–water partition coefficient (Wildman–Crippen LogP) is 7.33. The van der Waals surface area contributed by atoms with Crippen LogP contribution >= 0.6 is 46.4 Å². The molecule has 0 spiro atoms. The molecule has 0 aliphatic heterocycles. The maximum Gasteiger partial charge on any atom is 0.271 e. The van der Waals surface area contributed by atoms with E-state index in [1.165, 1.54) is 42.5 Å². The van der Waals surface area contributed by atoms with Gasteiger partial charge in [0.1, 0.15) is 18.2 Å². The highest BCUT2D eigenvalue weighted by atomic mass is 35.5. The molecule has 11 heteroatoms. The number of non-ortho nitro benzene ring substituents is 1. The molecule has 0 aliphatic rings. The third kappa shape index (κ3) is 6.40. The second kappa shape index (κ2) is 11.2. The van der Waals surface area contributed by atoms with E-state index in [0.29, 0.717) is 21.2 Å². The van der Waals surface area contributed by atoms with Crippen LogP contribution in [0.2, 0.25) is 20.1 Å². The van der Waals surface area contributed by atoms with Gasteiger partial charge in [-0.25, -0.2) is 0 Å². The number of carbonyl (C=O) groups excluding carboxylic acids is 1. The van der Waals surface area contributed by atoms with E-state index in [4.69, 9.17) is 51.1 Å². The minimum atomic E-state index is -0.757. The van der Waals surface area contributed by atoms with Crippen LogP contribution in [0.25, 0.3) is 6.08 Å². The lowest BCUT2D eigenvalue weighted by Crippen LogP contribution is -2.13. The van der Waals surface area contributed by atoms with Crippen molar-refractivity contribution in [2.24, 2.45) is 0 Å². The number of hydrogen-bond donors (Lipinski definition) is 1. The summed E-state index contributed by atoms with van der Waals surface area (Å²) < 4.78 is 5.71. The number of halogens is 4. The topological polar surface area (TPSA) is 105 Å². The normalized spacial score (nSPS) is 11.0. The fraction of sp³-hybridized carbons (Fsp3) is 0.0435. The highest BCUT2D eigenvalue weighted by Crippen LogP contribution is 2.36. The van der Waals surface area contributed by atoms with E-state index in [2.05, 4.69) is 5.32 Å². The van der Waals surface area contributed by atoms with Crippen molar-refractivity contribution in [2.75, 3.05) is 5.32 Å². The van der Waals surface area contributed by atoms with E-state index in [-0.39, 0.29) is 39.3 Å². The maximum absolute atomic E-state index is 12.5. The lowest BCUT2D eigenvalue weighted by atomic mass is 10.1. The summed E-state index contributed by atoms with van der Waals surface area (Å²) in [6.45, 7) is 0.0830. The van der Waals surface area contributed by atoms with E-state index in [0.717, 1.165) is 0 Å². The number of nitro groups is 1. The largest absolute Gasteiger partial charge is 0.486 e. The second-order valence-corrected chi connectivity index (χ2v) is 8.43. The van der Waals surface area contributed by atoms with Gasteiger partial charge in [-0.2, -0.15) is 5.26 Å². The molecule has 34 heavy (non-hydrogen) atoms. The van der Waals surface area contributed by atoms with Crippen LogP contribution in [0, 0.1) is 21.4 Å². The fourth-order valence-corrected chi connectivity index (χ4v) is 3.88. The summed E-state index contributed by atoms with van der Waals surface area (Å²) in [6.07, 6.45) is 1.28. The first-order valence-corrected chi connectivity index (χ1v) is 10.9. The van der Waals surface area contributed by atoms with Gasteiger partial charge < -0.3 is 10.1 Å². The van der Waals surface area contributed by atoms with Gasteiger partial charge in [0, 0.05) is 33.4 Å². The molecule has 0 aromatic heterocycles. The number of nitriles is 1. The molecule has 3 aromatic carbocycles. The van der Waals surface area contributed by atoms with Crippen LogP contribution < -0.4 is 10.1 Å². The van der Waals surface area contributed by atoms with Gasteiger partial charge in [0.25, 0.3) is 11.6 Å². The van der Waals surface area contributed by atoms with Crippen LogP contribution in [0.5, 0.6) is 5.75 Å². The Morgan fingerprint density at radius 2 is 1.76 bits per heavy atom. The number of carbonyl (C=O) groups is 1. The van der Waals surface area contributed by atoms with E-state index in [1.54, 1.807) is 24.3 Å². The molecule has 172 valence electrons. The molecule has 1 N–H and O–H groups in total. The number of ether oxygens (including phenoxy) is 1. The van der Waals surface area contributed by atoms with Crippen LogP contribution in [-0.4, -0.2) is 10.8 Å². The zero-order valence-electron chi connectivity index (χ0n) is 17.0. The average Bonchev–Trinajstić information content (AvgIpc) is 2.78. The van der Waals surface area contributed by atoms with Crippen molar-refractivity contribution in [3.05, 3.63) is 102 Å². The molecular formula is C23H13Cl4N3O4. The van der Waals surface area contributed by atoms with Gasteiger partial charge in [0.05, 0.1) is 15.0 Å². The Kier molecular flexibility index (Phi) is 8.37. The summed E-state index contributed by atoms with van der Waals surface area (Å²) in [5, 5.41) is 24.0. The molecule has 0 saturated carbocycles. The Morgan fingerprint density at radius 3 is 2.38 bits per heavy atom. The van der Waals surface area contributed by atoms with Crippen LogP contribution in [0.15, 0.2) is 60.2 Å². The number of anilines is 1. The Labute approximate surface area is 214 Å². The highest BCUT2D eigenvalue weighted by Gasteiger charge is 2.15. The monoisotopic (exact) mass is 535 g/mol. The van der Waals surface area contributed by atoms with Crippen molar-refractivity contribution in [1.29, 1.82) is 5.26 Å². The quantitative estimate of drug-likeness (QED) is 0.147. The van der Waals surface area contributed by atoms with Crippen LogP contribution in [0.4, 0.5) is 11.4 Å². The molecule has 0 atom stereocenters. The molecule has 0 aliphatic carbocycles. The second-order valence-electron chi connectivity index (χ2n) is 6.77. The summed E-state index contributed by atoms with van der Waals surface area (Å²) in [7, 11) is 0. The third-order valence-corrected chi connectivity index (χ3v) is 5.55. The van der Waals surface area contributed by atoms with Crippen LogP contribution in [-0.2, 0) is 11.4 Å². The molecule has 0 fully saturated rings. The number of nitrogens with one attached hydrogen (secondary N) is 1. The lowest BCUT2D eigenvalue weighted by Gasteiger charge is -2.12. The number of nitrogens with zero attached hydrogens (tertiary/aromatic N) is 2. The van der Waals surface area contributed by atoms with Gasteiger partial charge in [-0.1, -0.05) is 58.5 Å². The minimum absolute atomic E-state index is 0.0830. The zero-order chi connectivity index (χ0) is 24.8. The smallest absolute Gasteiger partial charge is 0.271 e. The van der Waals surface area contributed by atoms with Crippen LogP contribution in [0.3, 0.4) is 0 Å². The Bertz CT molecular complexity index is 1330. The van der Waals surface area contributed by atoms with E-state index < -0.39 is 10.8 Å². The van der Waals surface area contributed by atoms with Gasteiger partial charge in [-0.3, -0.25) is 14.9 Å². The zero-order valence-corrected chi connectivity index (χ0v) is 20.0. The lowest BCUT2D eigenvalue weighted by molar-refractivity contribution is -0.384. The molecule has 0 unspecified atom stereocenters. The summed E-state index contributed by atoms with van der Waals surface area (Å²) in [4.78, 5) is 22.8. The van der Waals surface area contributed by atoms with E-state index in [1.807, 2.05) is 0 Å². The molecule has 0 saturated heterocycles. The fourth-order valence-electron chi connectivity index (χ4n) is 2.80. The van der Waals surface area contributed by atoms with E-state index in [9.17, 15) is 20.2 Å². The van der Waals surface area contributed by atoms with Gasteiger partial charge in [0.15, 0.2) is 5.75 Å². The SMILES string of the molecule is N#C/C(=C\c1cc(Cl)c(OCc2ccc(Cl)cc2Cl)c(Cl)c1)C(=O)Nc1cccc([N+](=O)[O-])c1. The van der Waals surface area contributed by atoms with Gasteiger partial charge in [-0.05, 0) is 42.0 Å².